The third kappa shape index (κ3) is 2.20. The predicted octanol–water partition coefficient (Wildman–Crippen LogP) is 1.82. The van der Waals surface area contributed by atoms with Crippen LogP contribution in [0.3, 0.4) is 0 Å². The van der Waals surface area contributed by atoms with Crippen molar-refractivity contribution >= 4 is 11.0 Å². The molecule has 0 spiro atoms. The first-order chi connectivity index (χ1) is 8.85. The van der Waals surface area contributed by atoms with Crippen LogP contribution in [-0.2, 0) is 6.54 Å². The normalized spacial score (nSPS) is 16.8. The fourth-order valence-corrected chi connectivity index (χ4v) is 2.47. The van der Waals surface area contributed by atoms with Crippen LogP contribution >= 0.6 is 0 Å². The molecule has 2 aromatic heterocycles. The molecule has 0 unspecified atom stereocenters. The summed E-state index contributed by atoms with van der Waals surface area (Å²) in [5, 5.41) is 9.74. The summed E-state index contributed by atoms with van der Waals surface area (Å²) >= 11 is 0. The number of nitrogens with zero attached hydrogens (tertiary/aromatic N) is 4. The van der Waals surface area contributed by atoms with Gasteiger partial charge < -0.3 is 4.98 Å². The summed E-state index contributed by atoms with van der Waals surface area (Å²) in [7, 11) is 0. The first-order valence-corrected chi connectivity index (χ1v) is 6.32. The highest BCUT2D eigenvalue weighted by Crippen LogP contribution is 2.16. The van der Waals surface area contributed by atoms with Crippen LogP contribution in [0.25, 0.3) is 11.0 Å². The number of rotatable bonds is 2. The Morgan fingerprint density at radius 3 is 2.94 bits per heavy atom. The summed E-state index contributed by atoms with van der Waals surface area (Å²) in [4.78, 5) is 13.9. The summed E-state index contributed by atoms with van der Waals surface area (Å²) < 4.78 is 0. The molecule has 0 saturated carbocycles. The van der Waals surface area contributed by atoms with E-state index in [0.717, 1.165) is 23.3 Å². The smallest absolute Gasteiger partial charge is 0.234 e. The van der Waals surface area contributed by atoms with Crippen molar-refractivity contribution in [2.24, 2.45) is 0 Å². The molecular weight excluding hydrogens is 226 g/mol. The Hall–Kier alpha value is -1.93. The van der Waals surface area contributed by atoms with Crippen LogP contribution < -0.4 is 0 Å². The van der Waals surface area contributed by atoms with E-state index in [1.165, 1.54) is 32.4 Å². The number of nitrogens with one attached hydrogen (secondary N) is 1. The van der Waals surface area contributed by atoms with E-state index in [2.05, 4.69) is 25.9 Å². The molecule has 1 aliphatic heterocycles. The predicted molar refractivity (Wildman–Crippen MR) is 67.7 cm³/mol. The van der Waals surface area contributed by atoms with E-state index in [1.54, 1.807) is 6.20 Å². The Bertz CT molecular complexity index is 589. The second-order valence-corrected chi connectivity index (χ2v) is 4.74. The zero-order valence-corrected chi connectivity index (χ0v) is 10.2. The molecule has 0 bridgehead atoms. The van der Waals surface area contributed by atoms with E-state index in [9.17, 15) is 0 Å². The number of fused-ring (bicyclic) bond motifs is 1. The minimum Gasteiger partial charge on any atom is -0.342 e. The largest absolute Gasteiger partial charge is 0.342 e. The number of aromatic amines is 1. The quantitative estimate of drug-likeness (QED) is 0.870. The zero-order valence-electron chi connectivity index (χ0n) is 10.2. The molecule has 0 amide bonds. The van der Waals surface area contributed by atoms with Crippen molar-refractivity contribution < 1.29 is 0 Å². The second-order valence-electron chi connectivity index (χ2n) is 4.74. The van der Waals surface area contributed by atoms with Crippen LogP contribution in [0.4, 0.5) is 0 Å². The van der Waals surface area contributed by atoms with E-state index in [0.29, 0.717) is 0 Å². The molecule has 92 valence electrons. The topological polar surface area (TPSA) is 68.6 Å². The van der Waals surface area contributed by atoms with Gasteiger partial charge in [0.2, 0.25) is 5.82 Å². The maximum atomic E-state index is 8.77. The summed E-state index contributed by atoms with van der Waals surface area (Å²) in [5.74, 6) is 0.217. The van der Waals surface area contributed by atoms with Gasteiger partial charge in [0.15, 0.2) is 0 Å². The van der Waals surface area contributed by atoms with Gasteiger partial charge in [-0.15, -0.1) is 0 Å². The Morgan fingerprint density at radius 2 is 2.17 bits per heavy atom. The number of aromatic nitrogens is 3. The lowest BCUT2D eigenvalue weighted by Crippen LogP contribution is -2.29. The SMILES string of the molecule is N#Cc1ncc2cc(CN3CCCCC3)[nH]c2n1. The third-order valence-electron chi connectivity index (χ3n) is 3.37. The van der Waals surface area contributed by atoms with Crippen molar-refractivity contribution in [3.05, 3.63) is 23.8 Å². The second kappa shape index (κ2) is 4.75. The summed E-state index contributed by atoms with van der Waals surface area (Å²) in [6, 6.07) is 4.03. The van der Waals surface area contributed by atoms with Crippen molar-refractivity contribution in [3.8, 4) is 6.07 Å². The van der Waals surface area contributed by atoms with Crippen molar-refractivity contribution in [3.63, 3.8) is 0 Å². The standard InChI is InChI=1S/C13H15N5/c14-7-12-15-8-10-6-11(16-13(10)17-12)9-18-4-2-1-3-5-18/h6,8H,1-5,9H2,(H,15,16,17). The Morgan fingerprint density at radius 1 is 1.33 bits per heavy atom. The molecule has 0 atom stereocenters. The fraction of sp³-hybridized carbons (Fsp3) is 0.462. The first-order valence-electron chi connectivity index (χ1n) is 6.32. The molecule has 0 aromatic carbocycles. The van der Waals surface area contributed by atoms with E-state index in [1.807, 2.05) is 6.07 Å². The van der Waals surface area contributed by atoms with Crippen LogP contribution in [0.5, 0.6) is 0 Å². The van der Waals surface area contributed by atoms with Crippen molar-refractivity contribution in [1.29, 1.82) is 5.26 Å². The molecule has 1 fully saturated rings. The number of hydrogen-bond acceptors (Lipinski definition) is 4. The molecule has 1 N–H and O–H groups in total. The van der Waals surface area contributed by atoms with Gasteiger partial charge in [0.05, 0.1) is 0 Å². The Labute approximate surface area is 105 Å². The number of piperidine rings is 1. The monoisotopic (exact) mass is 241 g/mol. The van der Waals surface area contributed by atoms with Crippen LogP contribution in [0.1, 0.15) is 30.8 Å². The van der Waals surface area contributed by atoms with Crippen molar-refractivity contribution in [1.82, 2.24) is 19.9 Å². The van der Waals surface area contributed by atoms with Gasteiger partial charge in [-0.25, -0.2) is 9.97 Å². The average molecular weight is 241 g/mol. The van der Waals surface area contributed by atoms with E-state index < -0.39 is 0 Å². The maximum Gasteiger partial charge on any atom is 0.234 e. The molecule has 3 rings (SSSR count). The Balaban J connectivity index is 1.82. The summed E-state index contributed by atoms with van der Waals surface area (Å²) in [6.45, 7) is 3.27. The lowest BCUT2D eigenvalue weighted by atomic mass is 10.1. The van der Waals surface area contributed by atoms with E-state index in [4.69, 9.17) is 5.26 Å². The average Bonchev–Trinajstić information content (AvgIpc) is 2.80. The summed E-state index contributed by atoms with van der Waals surface area (Å²) in [6.07, 6.45) is 5.63. The molecule has 5 heteroatoms. The lowest BCUT2D eigenvalue weighted by Gasteiger charge is -2.25. The third-order valence-corrected chi connectivity index (χ3v) is 3.37. The minimum absolute atomic E-state index is 0.217. The highest BCUT2D eigenvalue weighted by molar-refractivity contribution is 5.75. The first kappa shape index (κ1) is 11.2. The lowest BCUT2D eigenvalue weighted by molar-refractivity contribution is 0.219. The molecule has 1 saturated heterocycles. The highest BCUT2D eigenvalue weighted by atomic mass is 15.1. The van der Waals surface area contributed by atoms with Crippen LogP contribution in [0, 0.1) is 11.3 Å². The number of nitriles is 1. The molecular formula is C13H15N5. The van der Waals surface area contributed by atoms with Gasteiger partial charge in [-0.3, -0.25) is 4.90 Å². The van der Waals surface area contributed by atoms with Gasteiger partial charge in [-0.1, -0.05) is 6.42 Å². The van der Waals surface area contributed by atoms with Crippen molar-refractivity contribution in [2.75, 3.05) is 13.1 Å². The van der Waals surface area contributed by atoms with Gasteiger partial charge in [0, 0.05) is 23.8 Å². The fourth-order valence-electron chi connectivity index (χ4n) is 2.47. The molecule has 1 aliphatic rings. The molecule has 0 radical (unpaired) electrons. The van der Waals surface area contributed by atoms with E-state index in [-0.39, 0.29) is 5.82 Å². The molecule has 18 heavy (non-hydrogen) atoms. The van der Waals surface area contributed by atoms with Gasteiger partial charge in [-0.05, 0) is 32.0 Å². The number of hydrogen-bond donors (Lipinski definition) is 1. The zero-order chi connectivity index (χ0) is 12.4. The molecule has 3 heterocycles. The number of H-pyrrole nitrogens is 1. The van der Waals surface area contributed by atoms with Crippen LogP contribution in [0.15, 0.2) is 12.3 Å². The van der Waals surface area contributed by atoms with E-state index >= 15 is 0 Å². The maximum absolute atomic E-state index is 8.77. The molecule has 2 aromatic rings. The van der Waals surface area contributed by atoms with Gasteiger partial charge in [0.1, 0.15) is 11.7 Å². The molecule has 0 aliphatic carbocycles. The number of likely N-dealkylation sites (tertiary alicyclic amines) is 1. The summed E-state index contributed by atoms with van der Waals surface area (Å²) in [5.41, 5.74) is 1.91. The van der Waals surface area contributed by atoms with Gasteiger partial charge in [-0.2, -0.15) is 5.26 Å². The van der Waals surface area contributed by atoms with Gasteiger partial charge in [0.25, 0.3) is 0 Å². The minimum atomic E-state index is 0.217. The highest BCUT2D eigenvalue weighted by Gasteiger charge is 2.12. The van der Waals surface area contributed by atoms with Crippen LogP contribution in [0.2, 0.25) is 0 Å². The Kier molecular flexibility index (Phi) is 2.95. The van der Waals surface area contributed by atoms with Gasteiger partial charge >= 0.3 is 0 Å². The van der Waals surface area contributed by atoms with Crippen LogP contribution in [-0.4, -0.2) is 32.9 Å². The molecule has 5 nitrogen and oxygen atoms in total. The van der Waals surface area contributed by atoms with Crippen molar-refractivity contribution in [2.45, 2.75) is 25.8 Å².